The first kappa shape index (κ1) is 21.4. The smallest absolute Gasteiger partial charge is 0.335 e. The number of nitrogens with one attached hydrogen (secondary N) is 1. The van der Waals surface area contributed by atoms with Crippen molar-refractivity contribution in [1.29, 1.82) is 0 Å². The maximum Gasteiger partial charge on any atom is 0.335 e. The van der Waals surface area contributed by atoms with Crippen molar-refractivity contribution in [3.05, 3.63) is 69.7 Å². The molecule has 9 heteroatoms. The number of hydrogen-bond acceptors (Lipinski definition) is 4. The number of aromatic carboxylic acids is 1. The average Bonchev–Trinajstić information content (AvgIpc) is 2.65. The Kier molecular flexibility index (Phi) is 6.44. The summed E-state index contributed by atoms with van der Waals surface area (Å²) in [5.41, 5.74) is 0.902. The monoisotopic (exact) mass is 447 g/mol. The maximum atomic E-state index is 12.3. The van der Waals surface area contributed by atoms with Crippen LogP contribution in [0.3, 0.4) is 0 Å². The number of fused-ring (bicyclic) bond motifs is 1. The molecule has 0 fully saturated rings. The molecule has 0 saturated heterocycles. The topological polar surface area (TPSA) is 113 Å². The summed E-state index contributed by atoms with van der Waals surface area (Å²) in [6.45, 7) is -0.416. The molecule has 3 aromatic carbocycles. The molecule has 0 aliphatic carbocycles. The van der Waals surface area contributed by atoms with Crippen molar-refractivity contribution in [2.75, 3.05) is 11.9 Å². The van der Waals surface area contributed by atoms with E-state index >= 15 is 0 Å². The zero-order chi connectivity index (χ0) is 21.8. The van der Waals surface area contributed by atoms with E-state index in [0.29, 0.717) is 27.0 Å². The number of hydrogen-bond donors (Lipinski definition) is 3. The second-order valence-electron chi connectivity index (χ2n) is 6.37. The predicted octanol–water partition coefficient (Wildman–Crippen LogP) is 4.49. The molecule has 0 aliphatic rings. The lowest BCUT2D eigenvalue weighted by atomic mass is 10.1. The summed E-state index contributed by atoms with van der Waals surface area (Å²) < 4.78 is 5.56. The van der Waals surface area contributed by atoms with Gasteiger partial charge in [0.15, 0.2) is 6.61 Å². The van der Waals surface area contributed by atoms with E-state index < -0.39 is 24.5 Å². The summed E-state index contributed by atoms with van der Waals surface area (Å²) in [6, 6.07) is 12.2. The minimum Gasteiger partial charge on any atom is -0.483 e. The molecule has 0 atom stereocenters. The van der Waals surface area contributed by atoms with Crippen molar-refractivity contribution in [3.63, 3.8) is 0 Å². The number of carbonyl (C=O) groups is 3. The van der Waals surface area contributed by atoms with Gasteiger partial charge in [0.25, 0.3) is 5.91 Å². The van der Waals surface area contributed by atoms with Crippen molar-refractivity contribution in [2.45, 2.75) is 6.42 Å². The van der Waals surface area contributed by atoms with E-state index in [1.54, 1.807) is 30.3 Å². The lowest BCUT2D eigenvalue weighted by Gasteiger charge is -2.13. The first-order valence-corrected chi connectivity index (χ1v) is 9.38. The van der Waals surface area contributed by atoms with Gasteiger partial charge in [0, 0.05) is 16.1 Å². The van der Waals surface area contributed by atoms with Gasteiger partial charge in [-0.05, 0) is 47.3 Å². The lowest BCUT2D eigenvalue weighted by Crippen LogP contribution is -2.20. The Labute approximate surface area is 180 Å². The maximum absolute atomic E-state index is 12.3. The molecule has 30 heavy (non-hydrogen) atoms. The van der Waals surface area contributed by atoms with E-state index in [9.17, 15) is 19.5 Å². The quantitative estimate of drug-likeness (QED) is 0.491. The molecule has 0 saturated carbocycles. The summed E-state index contributed by atoms with van der Waals surface area (Å²) in [5, 5.41) is 22.3. The number of carboxylic acid groups (broad SMARTS) is 2. The third-order valence-corrected chi connectivity index (χ3v) is 4.62. The van der Waals surface area contributed by atoms with E-state index in [4.69, 9.17) is 33.0 Å². The summed E-state index contributed by atoms with van der Waals surface area (Å²) in [7, 11) is 0. The summed E-state index contributed by atoms with van der Waals surface area (Å²) >= 11 is 12.2. The van der Waals surface area contributed by atoms with Crippen molar-refractivity contribution in [1.82, 2.24) is 0 Å². The molecular weight excluding hydrogens is 433 g/mol. The van der Waals surface area contributed by atoms with E-state index in [-0.39, 0.29) is 22.8 Å². The van der Waals surface area contributed by atoms with Gasteiger partial charge in [-0.3, -0.25) is 9.59 Å². The SMILES string of the molecule is O=C(O)Cc1cccc(NC(=O)COc2cc(C(=O)O)cc3cc(Cl)cc(Cl)c23)c1. The van der Waals surface area contributed by atoms with Crippen LogP contribution < -0.4 is 10.1 Å². The van der Waals surface area contributed by atoms with Crippen molar-refractivity contribution < 1.29 is 29.3 Å². The Balaban J connectivity index is 1.80. The number of ether oxygens (including phenoxy) is 1. The summed E-state index contributed by atoms with van der Waals surface area (Å²) in [4.78, 5) is 34.5. The highest BCUT2D eigenvalue weighted by Crippen LogP contribution is 2.36. The Morgan fingerprint density at radius 3 is 2.47 bits per heavy atom. The van der Waals surface area contributed by atoms with Gasteiger partial charge in [-0.25, -0.2) is 4.79 Å². The van der Waals surface area contributed by atoms with E-state index in [0.717, 1.165) is 0 Å². The Hall–Kier alpha value is -3.29. The van der Waals surface area contributed by atoms with Crippen molar-refractivity contribution in [2.24, 2.45) is 0 Å². The van der Waals surface area contributed by atoms with E-state index in [2.05, 4.69) is 5.32 Å². The molecule has 0 spiro atoms. The molecule has 7 nitrogen and oxygen atoms in total. The molecular formula is C21H15Cl2NO6. The van der Waals surface area contributed by atoms with Crippen LogP contribution in [-0.4, -0.2) is 34.7 Å². The van der Waals surface area contributed by atoms with Gasteiger partial charge in [-0.1, -0.05) is 35.3 Å². The number of benzene rings is 3. The first-order valence-electron chi connectivity index (χ1n) is 8.62. The minimum atomic E-state index is -1.17. The fourth-order valence-electron chi connectivity index (χ4n) is 2.90. The molecule has 3 N–H and O–H groups in total. The second-order valence-corrected chi connectivity index (χ2v) is 7.22. The van der Waals surface area contributed by atoms with Gasteiger partial charge in [-0.2, -0.15) is 0 Å². The third-order valence-electron chi connectivity index (χ3n) is 4.10. The van der Waals surface area contributed by atoms with Crippen molar-refractivity contribution >= 4 is 57.5 Å². The number of anilines is 1. The molecule has 3 rings (SSSR count). The molecule has 0 aliphatic heterocycles. The van der Waals surface area contributed by atoms with Gasteiger partial charge in [0.1, 0.15) is 5.75 Å². The minimum absolute atomic E-state index is 0.0439. The molecule has 154 valence electrons. The number of amides is 1. The van der Waals surface area contributed by atoms with Crippen molar-refractivity contribution in [3.8, 4) is 5.75 Å². The Bertz CT molecular complexity index is 1160. The number of aliphatic carboxylic acids is 1. The van der Waals surface area contributed by atoms with E-state index in [1.165, 1.54) is 18.2 Å². The summed E-state index contributed by atoms with van der Waals surface area (Å²) in [6.07, 6.45) is -0.171. The highest BCUT2D eigenvalue weighted by atomic mass is 35.5. The highest BCUT2D eigenvalue weighted by Gasteiger charge is 2.15. The number of rotatable bonds is 7. The second kappa shape index (κ2) is 9.02. The van der Waals surface area contributed by atoms with Crippen LogP contribution in [-0.2, 0) is 16.0 Å². The van der Waals surface area contributed by atoms with Gasteiger partial charge < -0.3 is 20.3 Å². The largest absolute Gasteiger partial charge is 0.483 e. The molecule has 0 radical (unpaired) electrons. The molecule has 3 aromatic rings. The number of halogens is 2. The molecule has 1 amide bonds. The van der Waals surface area contributed by atoms with Crippen LogP contribution in [0, 0.1) is 0 Å². The van der Waals surface area contributed by atoms with E-state index in [1.807, 2.05) is 0 Å². The summed E-state index contributed by atoms with van der Waals surface area (Å²) in [5.74, 6) is -2.54. The first-order chi connectivity index (χ1) is 14.2. The fraction of sp³-hybridized carbons (Fsp3) is 0.0952. The van der Waals surface area contributed by atoms with Gasteiger partial charge >= 0.3 is 11.9 Å². The lowest BCUT2D eigenvalue weighted by molar-refractivity contribution is -0.136. The molecule has 0 bridgehead atoms. The molecule has 0 aromatic heterocycles. The van der Waals surface area contributed by atoms with Crippen LogP contribution in [0.25, 0.3) is 10.8 Å². The average molecular weight is 448 g/mol. The third kappa shape index (κ3) is 5.20. The standard InChI is InChI=1S/C21H15Cl2NO6/c22-14-7-12-6-13(21(28)29)8-17(20(12)16(23)9-14)30-10-18(25)24-15-3-1-2-11(4-15)5-19(26)27/h1-4,6-9H,5,10H2,(H,24,25)(H,26,27)(H,28,29). The van der Waals surface area contributed by atoms with Crippen LogP contribution in [0.4, 0.5) is 5.69 Å². The zero-order valence-electron chi connectivity index (χ0n) is 15.3. The van der Waals surface area contributed by atoms with Crippen LogP contribution in [0.1, 0.15) is 15.9 Å². The Morgan fingerprint density at radius 1 is 1.00 bits per heavy atom. The van der Waals surface area contributed by atoms with Gasteiger partial charge in [0.2, 0.25) is 0 Å². The number of carboxylic acids is 2. The van der Waals surface area contributed by atoms with Crippen LogP contribution in [0.15, 0.2) is 48.5 Å². The predicted molar refractivity (Wildman–Crippen MR) is 113 cm³/mol. The molecule has 0 unspecified atom stereocenters. The van der Waals surface area contributed by atoms with Crippen LogP contribution in [0.2, 0.25) is 10.0 Å². The Morgan fingerprint density at radius 2 is 1.77 bits per heavy atom. The van der Waals surface area contributed by atoms with Gasteiger partial charge in [-0.15, -0.1) is 0 Å². The van der Waals surface area contributed by atoms with Gasteiger partial charge in [0.05, 0.1) is 17.0 Å². The highest BCUT2D eigenvalue weighted by molar-refractivity contribution is 6.39. The van der Waals surface area contributed by atoms with Crippen LogP contribution in [0.5, 0.6) is 5.75 Å². The van der Waals surface area contributed by atoms with Crippen LogP contribution >= 0.6 is 23.2 Å². The molecule has 0 heterocycles. The normalized spacial score (nSPS) is 10.6. The zero-order valence-corrected chi connectivity index (χ0v) is 16.8. The fourth-order valence-corrected chi connectivity index (χ4v) is 3.50. The number of carbonyl (C=O) groups excluding carboxylic acids is 1.